The third-order valence-corrected chi connectivity index (χ3v) is 4.99. The first-order valence-corrected chi connectivity index (χ1v) is 6.98. The van der Waals surface area contributed by atoms with E-state index >= 15 is 0 Å². The number of hydrogen-bond donors (Lipinski definition) is 1. The molecule has 92 valence electrons. The molecule has 5 nitrogen and oxygen atoms in total. The van der Waals surface area contributed by atoms with Gasteiger partial charge in [0.15, 0.2) is 0 Å². The molecule has 7 heteroatoms. The molecular formula is C9H16N2O3S2. The highest BCUT2D eigenvalue weighted by Crippen LogP contribution is 2.20. The Morgan fingerprint density at radius 3 is 2.50 bits per heavy atom. The summed E-state index contributed by atoms with van der Waals surface area (Å²) in [6, 6.07) is 3.61. The van der Waals surface area contributed by atoms with Gasteiger partial charge in [0.05, 0.1) is 0 Å². The van der Waals surface area contributed by atoms with Crippen molar-refractivity contribution in [3.05, 3.63) is 22.4 Å². The van der Waals surface area contributed by atoms with Crippen molar-refractivity contribution < 1.29 is 13.5 Å². The fourth-order valence-corrected chi connectivity index (χ4v) is 2.78. The van der Waals surface area contributed by atoms with Crippen LogP contribution < -0.4 is 0 Å². The lowest BCUT2D eigenvalue weighted by Gasteiger charge is -2.23. The maximum absolute atomic E-state index is 11.7. The van der Waals surface area contributed by atoms with E-state index in [2.05, 4.69) is 0 Å². The largest absolute Gasteiger partial charge is 0.386 e. The molecule has 1 rings (SSSR count). The zero-order valence-corrected chi connectivity index (χ0v) is 11.1. The summed E-state index contributed by atoms with van der Waals surface area (Å²) in [6.07, 6.45) is -0.778. The molecule has 1 N–H and O–H groups in total. The molecule has 0 saturated heterocycles. The molecule has 0 radical (unpaired) electrons. The molecule has 1 aromatic rings. The van der Waals surface area contributed by atoms with Crippen LogP contribution in [0.5, 0.6) is 0 Å². The van der Waals surface area contributed by atoms with E-state index < -0.39 is 16.3 Å². The van der Waals surface area contributed by atoms with Crippen LogP contribution >= 0.6 is 11.3 Å². The van der Waals surface area contributed by atoms with E-state index in [0.29, 0.717) is 0 Å². The Hall–Kier alpha value is -0.470. The number of hydrogen-bond acceptors (Lipinski definition) is 4. The summed E-state index contributed by atoms with van der Waals surface area (Å²) in [5, 5.41) is 11.7. The van der Waals surface area contributed by atoms with Crippen LogP contribution in [0.25, 0.3) is 0 Å². The molecule has 0 aliphatic rings. The number of nitrogens with zero attached hydrogens (tertiary/aromatic N) is 2. The Kier molecular flexibility index (Phi) is 4.45. The van der Waals surface area contributed by atoms with Gasteiger partial charge in [0.1, 0.15) is 6.10 Å². The smallest absolute Gasteiger partial charge is 0.281 e. The van der Waals surface area contributed by atoms with Crippen molar-refractivity contribution in [3.63, 3.8) is 0 Å². The van der Waals surface area contributed by atoms with Crippen molar-refractivity contribution in [2.75, 3.05) is 27.7 Å². The van der Waals surface area contributed by atoms with E-state index in [1.54, 1.807) is 6.07 Å². The Morgan fingerprint density at radius 1 is 1.44 bits per heavy atom. The fourth-order valence-electron chi connectivity index (χ4n) is 1.19. The fraction of sp³-hybridized carbons (Fsp3) is 0.556. The average Bonchev–Trinajstić information content (AvgIpc) is 2.69. The molecule has 1 unspecified atom stereocenters. The predicted molar refractivity (Wildman–Crippen MR) is 64.5 cm³/mol. The number of thiophene rings is 1. The minimum Gasteiger partial charge on any atom is -0.386 e. The minimum absolute atomic E-state index is 0.0566. The lowest BCUT2D eigenvalue weighted by Crippen LogP contribution is -2.39. The van der Waals surface area contributed by atoms with Gasteiger partial charge in [-0.1, -0.05) is 6.07 Å². The second-order valence-electron chi connectivity index (χ2n) is 3.60. The van der Waals surface area contributed by atoms with Crippen molar-refractivity contribution in [3.8, 4) is 0 Å². The monoisotopic (exact) mass is 264 g/mol. The van der Waals surface area contributed by atoms with Crippen LogP contribution in [0.4, 0.5) is 0 Å². The van der Waals surface area contributed by atoms with Crippen molar-refractivity contribution in [1.29, 1.82) is 0 Å². The SMILES string of the molecule is CN(C)S(=O)(=O)N(C)CC(O)c1cccs1. The topological polar surface area (TPSA) is 60.9 Å². The maximum Gasteiger partial charge on any atom is 0.281 e. The quantitative estimate of drug-likeness (QED) is 0.843. The predicted octanol–water partition coefficient (Wildman–Crippen LogP) is 0.520. The normalized spacial score (nSPS) is 14.6. The van der Waals surface area contributed by atoms with Gasteiger partial charge in [-0.3, -0.25) is 0 Å². The van der Waals surface area contributed by atoms with Gasteiger partial charge >= 0.3 is 0 Å². The molecule has 0 aliphatic carbocycles. The summed E-state index contributed by atoms with van der Waals surface area (Å²) in [7, 11) is 0.922. The standard InChI is InChI=1S/C9H16N2O3S2/c1-10(2)16(13,14)11(3)7-8(12)9-5-4-6-15-9/h4-6,8,12H,7H2,1-3H3. The molecule has 0 spiro atoms. The molecule has 0 fully saturated rings. The Morgan fingerprint density at radius 2 is 2.06 bits per heavy atom. The van der Waals surface area contributed by atoms with Crippen LogP contribution in [0.3, 0.4) is 0 Å². The highest BCUT2D eigenvalue weighted by molar-refractivity contribution is 7.86. The highest BCUT2D eigenvalue weighted by Gasteiger charge is 2.23. The van der Waals surface area contributed by atoms with E-state index in [0.717, 1.165) is 13.5 Å². The lowest BCUT2D eigenvalue weighted by molar-refractivity contribution is 0.156. The van der Waals surface area contributed by atoms with E-state index in [4.69, 9.17) is 0 Å². The van der Waals surface area contributed by atoms with Gasteiger partial charge in [-0.2, -0.15) is 17.0 Å². The molecule has 0 bridgehead atoms. The van der Waals surface area contributed by atoms with Gasteiger partial charge in [-0.25, -0.2) is 0 Å². The van der Waals surface area contributed by atoms with Crippen molar-refractivity contribution >= 4 is 21.5 Å². The van der Waals surface area contributed by atoms with Gasteiger partial charge < -0.3 is 5.11 Å². The molecule has 16 heavy (non-hydrogen) atoms. The van der Waals surface area contributed by atoms with Crippen LogP contribution in [0.1, 0.15) is 11.0 Å². The van der Waals surface area contributed by atoms with Crippen LogP contribution in [-0.2, 0) is 10.2 Å². The summed E-state index contributed by atoms with van der Waals surface area (Å²) < 4.78 is 25.6. The van der Waals surface area contributed by atoms with E-state index in [9.17, 15) is 13.5 Å². The van der Waals surface area contributed by atoms with Crippen molar-refractivity contribution in [2.24, 2.45) is 0 Å². The maximum atomic E-state index is 11.7. The number of rotatable bonds is 5. The molecule has 0 saturated carbocycles. The first-order chi connectivity index (χ1) is 7.35. The van der Waals surface area contributed by atoms with Gasteiger partial charge in [0, 0.05) is 32.6 Å². The first kappa shape index (κ1) is 13.6. The van der Waals surface area contributed by atoms with Gasteiger partial charge in [0.2, 0.25) is 0 Å². The molecular weight excluding hydrogens is 248 g/mol. The second kappa shape index (κ2) is 5.24. The average molecular weight is 264 g/mol. The Bertz CT molecular complexity index is 414. The third kappa shape index (κ3) is 3.02. The summed E-state index contributed by atoms with van der Waals surface area (Å²) in [5.74, 6) is 0. The van der Waals surface area contributed by atoms with Crippen LogP contribution in [0.2, 0.25) is 0 Å². The summed E-state index contributed by atoms with van der Waals surface area (Å²) in [4.78, 5) is 0.765. The molecule has 1 aromatic heterocycles. The highest BCUT2D eigenvalue weighted by atomic mass is 32.2. The van der Waals surface area contributed by atoms with E-state index in [1.807, 2.05) is 11.4 Å². The van der Waals surface area contributed by atoms with Gasteiger partial charge in [-0.15, -0.1) is 11.3 Å². The molecule has 1 heterocycles. The number of likely N-dealkylation sites (N-methyl/N-ethyl adjacent to an activating group) is 1. The van der Waals surface area contributed by atoms with Crippen molar-refractivity contribution in [1.82, 2.24) is 8.61 Å². The lowest BCUT2D eigenvalue weighted by atomic mass is 10.3. The minimum atomic E-state index is -3.45. The van der Waals surface area contributed by atoms with Gasteiger partial charge in [-0.05, 0) is 11.4 Å². The second-order valence-corrected chi connectivity index (χ2v) is 6.83. The van der Waals surface area contributed by atoms with E-state index in [1.165, 1.54) is 32.5 Å². The molecule has 0 aromatic carbocycles. The third-order valence-electron chi connectivity index (χ3n) is 2.16. The Balaban J connectivity index is 2.69. The van der Waals surface area contributed by atoms with Crippen LogP contribution in [0.15, 0.2) is 17.5 Å². The van der Waals surface area contributed by atoms with E-state index in [-0.39, 0.29) is 6.54 Å². The zero-order valence-electron chi connectivity index (χ0n) is 9.49. The molecule has 0 amide bonds. The van der Waals surface area contributed by atoms with Crippen molar-refractivity contribution in [2.45, 2.75) is 6.10 Å². The molecule has 1 atom stereocenters. The zero-order chi connectivity index (χ0) is 12.3. The summed E-state index contributed by atoms with van der Waals surface area (Å²) >= 11 is 1.41. The number of aliphatic hydroxyl groups excluding tert-OH is 1. The van der Waals surface area contributed by atoms with Crippen LogP contribution in [-0.4, -0.2) is 49.8 Å². The van der Waals surface area contributed by atoms with Gasteiger partial charge in [0.25, 0.3) is 10.2 Å². The Labute approximate surface area is 100 Å². The number of aliphatic hydroxyl groups is 1. The summed E-state index contributed by atoms with van der Waals surface area (Å²) in [6.45, 7) is 0.0566. The summed E-state index contributed by atoms with van der Waals surface area (Å²) in [5.41, 5.74) is 0. The molecule has 0 aliphatic heterocycles. The first-order valence-electron chi connectivity index (χ1n) is 4.71. The van der Waals surface area contributed by atoms with Crippen LogP contribution in [0, 0.1) is 0 Å².